The van der Waals surface area contributed by atoms with Gasteiger partial charge in [-0.2, -0.15) is 0 Å². The van der Waals surface area contributed by atoms with Crippen molar-refractivity contribution in [1.82, 2.24) is 10.6 Å². The molecule has 0 saturated carbocycles. The fourth-order valence-corrected chi connectivity index (χ4v) is 1.52. The molecule has 4 heteroatoms. The molecule has 1 rings (SSSR count). The normalized spacial score (nSPS) is 21.2. The molecule has 0 aromatic rings. The molecule has 0 aromatic heterocycles. The van der Waals surface area contributed by atoms with E-state index in [-0.39, 0.29) is 0 Å². The van der Waals surface area contributed by atoms with Crippen molar-refractivity contribution in [3.8, 4) is 0 Å². The lowest BCUT2D eigenvalue weighted by atomic mass is 10.1. The molecule has 0 spiro atoms. The summed E-state index contributed by atoms with van der Waals surface area (Å²) in [6.45, 7) is 2.06. The summed E-state index contributed by atoms with van der Waals surface area (Å²) in [6, 6.07) is 0.346. The maximum atomic E-state index is 7.84. The van der Waals surface area contributed by atoms with Crippen LogP contribution in [0.4, 0.5) is 0 Å². The molecule has 0 radical (unpaired) electrons. The van der Waals surface area contributed by atoms with Gasteiger partial charge in [-0.05, 0) is 22.9 Å². The number of rotatable bonds is 3. The van der Waals surface area contributed by atoms with Crippen LogP contribution in [0.1, 0.15) is 6.92 Å². The number of hydrogen-bond acceptors (Lipinski definition) is 3. The van der Waals surface area contributed by atoms with Crippen LogP contribution in [0.15, 0.2) is 34.6 Å². The summed E-state index contributed by atoms with van der Waals surface area (Å²) in [5.41, 5.74) is 1.34. The first-order chi connectivity index (χ1) is 6.65. The lowest BCUT2D eigenvalue weighted by Gasteiger charge is -2.14. The van der Waals surface area contributed by atoms with E-state index in [2.05, 4.69) is 33.5 Å². The first kappa shape index (κ1) is 11.0. The van der Waals surface area contributed by atoms with E-state index >= 15 is 0 Å². The average molecular weight is 256 g/mol. The second-order valence-electron chi connectivity index (χ2n) is 3.07. The van der Waals surface area contributed by atoms with Crippen LogP contribution in [0.3, 0.4) is 0 Å². The summed E-state index contributed by atoms with van der Waals surface area (Å²) in [5, 5.41) is 13.9. The van der Waals surface area contributed by atoms with Crippen LogP contribution >= 0.6 is 15.9 Å². The van der Waals surface area contributed by atoms with Crippen LogP contribution < -0.4 is 10.6 Å². The molecule has 76 valence electrons. The lowest BCUT2D eigenvalue weighted by Crippen LogP contribution is -2.22. The van der Waals surface area contributed by atoms with Crippen molar-refractivity contribution in [3.63, 3.8) is 0 Å². The zero-order chi connectivity index (χ0) is 10.6. The average Bonchev–Trinajstić information content (AvgIpc) is 2.18. The van der Waals surface area contributed by atoms with Crippen molar-refractivity contribution < 1.29 is 0 Å². The van der Waals surface area contributed by atoms with Crippen LogP contribution in [0.5, 0.6) is 0 Å². The highest BCUT2D eigenvalue weighted by Gasteiger charge is 2.09. The van der Waals surface area contributed by atoms with Crippen LogP contribution in [-0.4, -0.2) is 18.8 Å². The van der Waals surface area contributed by atoms with E-state index in [0.717, 1.165) is 10.1 Å². The Balaban J connectivity index is 2.72. The van der Waals surface area contributed by atoms with Gasteiger partial charge >= 0.3 is 0 Å². The van der Waals surface area contributed by atoms with E-state index < -0.39 is 0 Å². The van der Waals surface area contributed by atoms with Gasteiger partial charge in [-0.3, -0.25) is 5.41 Å². The molecule has 0 amide bonds. The van der Waals surface area contributed by atoms with E-state index in [4.69, 9.17) is 5.41 Å². The number of dihydropyridines is 1. The summed E-state index contributed by atoms with van der Waals surface area (Å²) in [5.74, 6) is 0. The van der Waals surface area contributed by atoms with Gasteiger partial charge in [-0.25, -0.2) is 0 Å². The Morgan fingerprint density at radius 1 is 1.71 bits per heavy atom. The molecular formula is C10H14BrN3. The Labute approximate surface area is 92.6 Å². The van der Waals surface area contributed by atoms with Crippen molar-refractivity contribution in [1.29, 1.82) is 5.41 Å². The molecule has 3 nitrogen and oxygen atoms in total. The Morgan fingerprint density at radius 2 is 2.43 bits per heavy atom. The monoisotopic (exact) mass is 255 g/mol. The molecule has 3 N–H and O–H groups in total. The minimum atomic E-state index is 0.346. The molecule has 0 aliphatic carbocycles. The fourth-order valence-electron chi connectivity index (χ4n) is 1.07. The minimum Gasteiger partial charge on any atom is -0.393 e. The second-order valence-corrected chi connectivity index (χ2v) is 3.92. The second kappa shape index (κ2) is 5.00. The van der Waals surface area contributed by atoms with E-state index in [1.807, 2.05) is 18.4 Å². The van der Waals surface area contributed by atoms with Crippen LogP contribution in [-0.2, 0) is 0 Å². The summed E-state index contributed by atoms with van der Waals surface area (Å²) >= 11 is 3.33. The molecule has 1 aliphatic rings. The smallest absolute Gasteiger partial charge is 0.0783 e. The molecule has 0 fully saturated rings. The van der Waals surface area contributed by atoms with Gasteiger partial charge < -0.3 is 10.6 Å². The maximum Gasteiger partial charge on any atom is 0.0783 e. The molecule has 1 unspecified atom stereocenters. The fraction of sp³-hybridized carbons (Fsp3) is 0.300. The van der Waals surface area contributed by atoms with Gasteiger partial charge in [0.25, 0.3) is 0 Å². The minimum absolute atomic E-state index is 0.346. The Hall–Kier alpha value is -1.03. The molecule has 0 bridgehead atoms. The zero-order valence-electron chi connectivity index (χ0n) is 8.26. The molecule has 0 aromatic carbocycles. The predicted octanol–water partition coefficient (Wildman–Crippen LogP) is 1.89. The van der Waals surface area contributed by atoms with Crippen molar-refractivity contribution >= 4 is 21.6 Å². The van der Waals surface area contributed by atoms with Crippen molar-refractivity contribution in [2.45, 2.75) is 13.0 Å². The third kappa shape index (κ3) is 2.73. The number of hydrogen-bond donors (Lipinski definition) is 3. The number of nitrogens with one attached hydrogen (secondary N) is 3. The third-order valence-electron chi connectivity index (χ3n) is 1.86. The molecule has 0 saturated heterocycles. The Morgan fingerprint density at radius 3 is 2.93 bits per heavy atom. The van der Waals surface area contributed by atoms with Crippen molar-refractivity contribution in [3.05, 3.63) is 34.6 Å². The number of halogens is 1. The van der Waals surface area contributed by atoms with E-state index in [0.29, 0.717) is 11.8 Å². The van der Waals surface area contributed by atoms with Gasteiger partial charge in [-0.15, -0.1) is 0 Å². The maximum absolute atomic E-state index is 7.84. The largest absolute Gasteiger partial charge is 0.393 e. The van der Waals surface area contributed by atoms with Crippen LogP contribution in [0.25, 0.3) is 0 Å². The highest BCUT2D eigenvalue weighted by Crippen LogP contribution is 2.15. The van der Waals surface area contributed by atoms with E-state index in [1.165, 1.54) is 0 Å². The summed E-state index contributed by atoms with van der Waals surface area (Å²) in [6.07, 6.45) is 7.59. The predicted molar refractivity (Wildman–Crippen MR) is 63.6 cm³/mol. The molecule has 1 atom stereocenters. The topological polar surface area (TPSA) is 47.9 Å². The Bertz CT molecular complexity index is 315. The van der Waals surface area contributed by atoms with Crippen LogP contribution in [0, 0.1) is 5.41 Å². The summed E-state index contributed by atoms with van der Waals surface area (Å²) in [7, 11) is 1.81. The van der Waals surface area contributed by atoms with Gasteiger partial charge in [0.15, 0.2) is 0 Å². The van der Waals surface area contributed by atoms with E-state index in [1.54, 1.807) is 13.2 Å². The molecular weight excluding hydrogens is 242 g/mol. The van der Waals surface area contributed by atoms with Crippen molar-refractivity contribution in [2.75, 3.05) is 7.05 Å². The molecule has 14 heavy (non-hydrogen) atoms. The number of allylic oxidation sites excluding steroid dienone is 3. The molecule has 1 heterocycles. The third-order valence-corrected chi connectivity index (χ3v) is 2.49. The quantitative estimate of drug-likeness (QED) is 0.675. The van der Waals surface area contributed by atoms with Crippen molar-refractivity contribution in [2.24, 2.45) is 0 Å². The standard InChI is InChI=1S/C10H14BrN3/c1-7-3-4-8(5-14-7)10(12)9(11)6-13-2/h3-7,12-14H,1-2H3/b9-6+,12-10?. The lowest BCUT2D eigenvalue weighted by molar-refractivity contribution is 0.758. The highest BCUT2D eigenvalue weighted by molar-refractivity contribution is 9.12. The van der Waals surface area contributed by atoms with Gasteiger partial charge in [0.2, 0.25) is 0 Å². The first-order valence-electron chi connectivity index (χ1n) is 4.42. The van der Waals surface area contributed by atoms with Gasteiger partial charge in [0, 0.05) is 31.1 Å². The summed E-state index contributed by atoms with van der Waals surface area (Å²) < 4.78 is 0.743. The van der Waals surface area contributed by atoms with Gasteiger partial charge in [-0.1, -0.05) is 12.2 Å². The zero-order valence-corrected chi connectivity index (χ0v) is 9.85. The van der Waals surface area contributed by atoms with Gasteiger partial charge in [0.05, 0.1) is 10.2 Å². The molecule has 1 aliphatic heterocycles. The van der Waals surface area contributed by atoms with E-state index in [9.17, 15) is 0 Å². The SMILES string of the molecule is CN/C=C(/Br)C(=N)C1=CNC(C)C=C1. The Kier molecular flexibility index (Phi) is 3.95. The summed E-state index contributed by atoms with van der Waals surface area (Å²) in [4.78, 5) is 0. The van der Waals surface area contributed by atoms with Gasteiger partial charge in [0.1, 0.15) is 0 Å². The highest BCUT2D eigenvalue weighted by atomic mass is 79.9. The van der Waals surface area contributed by atoms with Crippen LogP contribution in [0.2, 0.25) is 0 Å². The first-order valence-corrected chi connectivity index (χ1v) is 5.21.